The summed E-state index contributed by atoms with van der Waals surface area (Å²) >= 11 is 0. The highest BCUT2D eigenvalue weighted by Gasteiger charge is 2.17. The number of benzene rings is 2. The molecule has 0 saturated heterocycles. The summed E-state index contributed by atoms with van der Waals surface area (Å²) in [4.78, 5) is 27.7. The molecule has 1 aromatic heterocycles. The number of hydrogen-bond donors (Lipinski definition) is 2. The predicted octanol–water partition coefficient (Wildman–Crippen LogP) is 2.90. The van der Waals surface area contributed by atoms with Crippen LogP contribution < -0.4 is 10.9 Å². The molecule has 0 fully saturated rings. The lowest BCUT2D eigenvalue weighted by Gasteiger charge is -2.12. The molecule has 0 spiro atoms. The number of amides is 1. The van der Waals surface area contributed by atoms with Crippen molar-refractivity contribution in [3.63, 3.8) is 0 Å². The van der Waals surface area contributed by atoms with Gasteiger partial charge in [0, 0.05) is 36.3 Å². The molecule has 3 rings (SSSR count). The number of fused-ring (bicyclic) bond motifs is 1. The van der Waals surface area contributed by atoms with E-state index < -0.39 is 10.0 Å². The average molecular weight is 413 g/mol. The second kappa shape index (κ2) is 7.81. The third-order valence-corrected chi connectivity index (χ3v) is 6.73. The smallest absolute Gasteiger partial charge is 0.255 e. The number of pyridine rings is 1. The SMILES string of the molecule is CCc1c(C)c2ccc(NC(=O)c3ccc(S(=O)(=O)N(C)C)cc3)cc2[nH]c1=O. The van der Waals surface area contributed by atoms with Crippen molar-refractivity contribution in [1.82, 2.24) is 9.29 Å². The topological polar surface area (TPSA) is 99.3 Å². The molecule has 152 valence electrons. The van der Waals surface area contributed by atoms with Gasteiger partial charge in [0.2, 0.25) is 10.0 Å². The third kappa shape index (κ3) is 3.94. The Hall–Kier alpha value is -2.97. The third-order valence-electron chi connectivity index (χ3n) is 4.91. The molecule has 29 heavy (non-hydrogen) atoms. The highest BCUT2D eigenvalue weighted by molar-refractivity contribution is 7.89. The van der Waals surface area contributed by atoms with Crippen molar-refractivity contribution in [2.75, 3.05) is 19.4 Å². The summed E-state index contributed by atoms with van der Waals surface area (Å²) in [7, 11) is -0.649. The van der Waals surface area contributed by atoms with E-state index >= 15 is 0 Å². The van der Waals surface area contributed by atoms with Crippen LogP contribution in [0.5, 0.6) is 0 Å². The quantitative estimate of drug-likeness (QED) is 0.672. The molecule has 1 heterocycles. The first kappa shape index (κ1) is 20.8. The Labute approximate surface area is 169 Å². The molecule has 2 aromatic carbocycles. The molecular formula is C21H23N3O4S. The van der Waals surface area contributed by atoms with E-state index in [1.54, 1.807) is 12.1 Å². The van der Waals surface area contributed by atoms with Gasteiger partial charge >= 0.3 is 0 Å². The largest absolute Gasteiger partial charge is 0.322 e. The van der Waals surface area contributed by atoms with Crippen LogP contribution >= 0.6 is 0 Å². The number of H-pyrrole nitrogens is 1. The van der Waals surface area contributed by atoms with Gasteiger partial charge in [-0.05, 0) is 55.3 Å². The number of hydrogen-bond acceptors (Lipinski definition) is 4. The summed E-state index contributed by atoms with van der Waals surface area (Å²) < 4.78 is 25.4. The van der Waals surface area contributed by atoms with Gasteiger partial charge in [-0.25, -0.2) is 12.7 Å². The van der Waals surface area contributed by atoms with Crippen LogP contribution in [0.2, 0.25) is 0 Å². The van der Waals surface area contributed by atoms with Crippen LogP contribution in [0.3, 0.4) is 0 Å². The normalized spacial score (nSPS) is 11.8. The van der Waals surface area contributed by atoms with Gasteiger partial charge in [0.15, 0.2) is 0 Å². The van der Waals surface area contributed by atoms with Gasteiger partial charge in [-0.15, -0.1) is 0 Å². The fourth-order valence-electron chi connectivity index (χ4n) is 3.20. The molecule has 0 bridgehead atoms. The summed E-state index contributed by atoms with van der Waals surface area (Å²) in [6.45, 7) is 3.85. The molecule has 2 N–H and O–H groups in total. The molecule has 8 heteroatoms. The van der Waals surface area contributed by atoms with Crippen molar-refractivity contribution in [3.05, 3.63) is 69.5 Å². The molecule has 0 atom stereocenters. The molecule has 0 aliphatic carbocycles. The van der Waals surface area contributed by atoms with E-state index in [1.807, 2.05) is 19.9 Å². The number of aromatic amines is 1. The van der Waals surface area contributed by atoms with E-state index in [1.165, 1.54) is 38.4 Å². The van der Waals surface area contributed by atoms with Crippen LogP contribution in [0.1, 0.15) is 28.4 Å². The summed E-state index contributed by atoms with van der Waals surface area (Å²) in [5, 5.41) is 3.71. The number of carbonyl (C=O) groups excluding carboxylic acids is 1. The Balaban J connectivity index is 1.87. The number of aromatic nitrogens is 1. The van der Waals surface area contributed by atoms with Gasteiger partial charge in [0.25, 0.3) is 11.5 Å². The van der Waals surface area contributed by atoms with Crippen molar-refractivity contribution in [3.8, 4) is 0 Å². The molecule has 0 aliphatic heterocycles. The maximum Gasteiger partial charge on any atom is 0.255 e. The lowest BCUT2D eigenvalue weighted by atomic mass is 10.0. The zero-order valence-corrected chi connectivity index (χ0v) is 17.6. The van der Waals surface area contributed by atoms with Crippen LogP contribution in [-0.4, -0.2) is 37.7 Å². The summed E-state index contributed by atoms with van der Waals surface area (Å²) in [6.07, 6.45) is 0.648. The molecule has 1 amide bonds. The minimum absolute atomic E-state index is 0.115. The molecular weight excluding hydrogens is 390 g/mol. The Morgan fingerprint density at radius 3 is 2.34 bits per heavy atom. The van der Waals surface area contributed by atoms with Crippen molar-refractivity contribution in [2.45, 2.75) is 25.2 Å². The summed E-state index contributed by atoms with van der Waals surface area (Å²) in [5.74, 6) is -0.373. The summed E-state index contributed by atoms with van der Waals surface area (Å²) in [5.41, 5.74) is 3.07. The molecule has 0 saturated carbocycles. The van der Waals surface area contributed by atoms with Gasteiger partial charge in [0.05, 0.1) is 10.4 Å². The van der Waals surface area contributed by atoms with Gasteiger partial charge in [-0.3, -0.25) is 9.59 Å². The van der Waals surface area contributed by atoms with Crippen LogP contribution in [-0.2, 0) is 16.4 Å². The van der Waals surface area contributed by atoms with Crippen molar-refractivity contribution >= 4 is 32.5 Å². The van der Waals surface area contributed by atoms with Crippen LogP contribution in [0.25, 0.3) is 10.9 Å². The zero-order valence-electron chi connectivity index (χ0n) is 16.7. The number of carbonyl (C=O) groups is 1. The Bertz CT molecular complexity index is 1240. The first-order chi connectivity index (χ1) is 13.6. The van der Waals surface area contributed by atoms with Crippen LogP contribution in [0.15, 0.2) is 52.2 Å². The second-order valence-corrected chi connectivity index (χ2v) is 9.09. The number of rotatable bonds is 5. The fraction of sp³-hybridized carbons (Fsp3) is 0.238. The monoisotopic (exact) mass is 413 g/mol. The Kier molecular flexibility index (Phi) is 5.59. The zero-order chi connectivity index (χ0) is 21.3. The maximum absolute atomic E-state index is 12.5. The Morgan fingerprint density at radius 2 is 1.76 bits per heavy atom. The average Bonchev–Trinajstić information content (AvgIpc) is 2.68. The predicted molar refractivity (Wildman–Crippen MR) is 114 cm³/mol. The van der Waals surface area contributed by atoms with Crippen LogP contribution in [0.4, 0.5) is 5.69 Å². The fourth-order valence-corrected chi connectivity index (χ4v) is 4.10. The summed E-state index contributed by atoms with van der Waals surface area (Å²) in [6, 6.07) is 11.1. The highest BCUT2D eigenvalue weighted by atomic mass is 32.2. The molecule has 3 aromatic rings. The number of sulfonamides is 1. The molecule has 7 nitrogen and oxygen atoms in total. The maximum atomic E-state index is 12.5. The van der Waals surface area contributed by atoms with Gasteiger partial charge in [-0.1, -0.05) is 13.0 Å². The van der Waals surface area contributed by atoms with Gasteiger partial charge in [-0.2, -0.15) is 0 Å². The minimum atomic E-state index is -3.55. The standard InChI is InChI=1S/C21H23N3O4S/c1-5-17-13(2)18-11-8-15(12-19(18)23-21(17)26)22-20(25)14-6-9-16(10-7-14)29(27,28)24(3)4/h6-12H,5H2,1-4H3,(H,22,25)(H,23,26). The lowest BCUT2D eigenvalue weighted by Crippen LogP contribution is -2.22. The van der Waals surface area contributed by atoms with E-state index in [0.717, 1.165) is 20.8 Å². The first-order valence-electron chi connectivity index (χ1n) is 9.14. The number of anilines is 1. The van der Waals surface area contributed by atoms with Crippen molar-refractivity contribution in [2.24, 2.45) is 0 Å². The molecule has 0 unspecified atom stereocenters. The van der Waals surface area contributed by atoms with E-state index in [-0.39, 0.29) is 16.4 Å². The van der Waals surface area contributed by atoms with E-state index in [0.29, 0.717) is 23.2 Å². The second-order valence-electron chi connectivity index (χ2n) is 6.94. The first-order valence-corrected chi connectivity index (χ1v) is 10.6. The van der Waals surface area contributed by atoms with E-state index in [9.17, 15) is 18.0 Å². The molecule has 0 radical (unpaired) electrons. The van der Waals surface area contributed by atoms with Gasteiger partial charge < -0.3 is 10.3 Å². The van der Waals surface area contributed by atoms with E-state index in [2.05, 4.69) is 10.3 Å². The Morgan fingerprint density at radius 1 is 1.10 bits per heavy atom. The van der Waals surface area contributed by atoms with Crippen molar-refractivity contribution < 1.29 is 13.2 Å². The highest BCUT2D eigenvalue weighted by Crippen LogP contribution is 2.22. The van der Waals surface area contributed by atoms with E-state index in [4.69, 9.17) is 0 Å². The number of nitrogens with one attached hydrogen (secondary N) is 2. The minimum Gasteiger partial charge on any atom is -0.322 e. The van der Waals surface area contributed by atoms with Crippen molar-refractivity contribution in [1.29, 1.82) is 0 Å². The van der Waals surface area contributed by atoms with Crippen LogP contribution in [0, 0.1) is 6.92 Å². The lowest BCUT2D eigenvalue weighted by molar-refractivity contribution is 0.102. The number of nitrogens with zero attached hydrogens (tertiary/aromatic N) is 1. The molecule has 0 aliphatic rings. The number of aryl methyl sites for hydroxylation is 1. The van der Waals surface area contributed by atoms with Gasteiger partial charge in [0.1, 0.15) is 0 Å².